The van der Waals surface area contributed by atoms with Crippen molar-refractivity contribution in [3.05, 3.63) is 40.0 Å². The first-order chi connectivity index (χ1) is 13.1. The van der Waals surface area contributed by atoms with E-state index in [0.717, 1.165) is 35.0 Å². The molecule has 2 aromatic heterocycles. The molecule has 2 aromatic rings. The van der Waals surface area contributed by atoms with Crippen molar-refractivity contribution in [1.29, 1.82) is 0 Å². The Bertz CT molecular complexity index is 856. The number of carbonyl (C=O) groups excluding carboxylic acids is 1. The molecule has 1 fully saturated rings. The molecule has 10 heteroatoms. The zero-order valence-corrected chi connectivity index (χ0v) is 15.7. The highest BCUT2D eigenvalue weighted by Crippen LogP contribution is 2.19. The Morgan fingerprint density at radius 2 is 2.11 bits per heavy atom. The van der Waals surface area contributed by atoms with Crippen molar-refractivity contribution >= 4 is 23.1 Å². The van der Waals surface area contributed by atoms with Crippen molar-refractivity contribution in [3.63, 3.8) is 0 Å². The van der Waals surface area contributed by atoms with Crippen LogP contribution in [-0.2, 0) is 4.79 Å². The fourth-order valence-electron chi connectivity index (χ4n) is 2.38. The van der Waals surface area contributed by atoms with Crippen LogP contribution in [0.25, 0.3) is 0 Å². The molecule has 0 saturated carbocycles. The molecule has 1 aliphatic heterocycles. The number of carbonyl (C=O) groups is 1. The molecule has 0 aromatic carbocycles. The minimum absolute atomic E-state index is 0.446. The summed E-state index contributed by atoms with van der Waals surface area (Å²) >= 11 is 1.65. The maximum absolute atomic E-state index is 13.4. The molecular formula is C18H17F4N3O2S. The Labute approximate surface area is 163 Å². The largest absolute Gasteiger partial charge is 0.542 e. The van der Waals surface area contributed by atoms with Gasteiger partial charge in [-0.3, -0.25) is 0 Å². The average Bonchev–Trinajstić information content (AvgIpc) is 3.05. The van der Waals surface area contributed by atoms with Gasteiger partial charge in [-0.1, -0.05) is 17.3 Å². The second-order valence-corrected chi connectivity index (χ2v) is 7.04. The highest BCUT2D eigenvalue weighted by molar-refractivity contribution is 7.09. The number of halogens is 4. The van der Waals surface area contributed by atoms with Gasteiger partial charge in [-0.2, -0.15) is 18.2 Å². The van der Waals surface area contributed by atoms with E-state index in [4.69, 9.17) is 9.90 Å². The molecule has 150 valence electrons. The number of aliphatic carboxylic acids is 1. The van der Waals surface area contributed by atoms with Gasteiger partial charge in [0.2, 0.25) is 5.01 Å². The summed E-state index contributed by atoms with van der Waals surface area (Å²) in [4.78, 5) is 18.4. The van der Waals surface area contributed by atoms with E-state index in [9.17, 15) is 17.6 Å². The van der Waals surface area contributed by atoms with E-state index in [1.807, 2.05) is 29.3 Å². The highest BCUT2D eigenvalue weighted by atomic mass is 32.1. The van der Waals surface area contributed by atoms with Gasteiger partial charge in [-0.15, -0.1) is 0 Å². The molecule has 0 radical (unpaired) electrons. The molecule has 28 heavy (non-hydrogen) atoms. The molecule has 1 atom stereocenters. The maximum Gasteiger partial charge on any atom is 0.430 e. The molecule has 1 N–H and O–H groups in total. The van der Waals surface area contributed by atoms with Crippen LogP contribution in [0.3, 0.4) is 0 Å². The summed E-state index contributed by atoms with van der Waals surface area (Å²) in [7, 11) is 0. The first-order valence-electron chi connectivity index (χ1n) is 8.28. The number of carboxylic acid groups (broad SMARTS) is 1. The van der Waals surface area contributed by atoms with Crippen LogP contribution in [0.15, 0.2) is 23.7 Å². The molecule has 0 aliphatic carbocycles. The van der Waals surface area contributed by atoms with E-state index in [0.29, 0.717) is 13.0 Å². The molecule has 5 nitrogen and oxygen atoms in total. The Hall–Kier alpha value is -2.67. The molecule has 1 saturated heterocycles. The quantitative estimate of drug-likeness (QED) is 0.527. The Morgan fingerprint density at radius 1 is 1.39 bits per heavy atom. The Morgan fingerprint density at radius 3 is 2.61 bits per heavy atom. The van der Waals surface area contributed by atoms with E-state index >= 15 is 0 Å². The smallest absolute Gasteiger partial charge is 0.430 e. The summed E-state index contributed by atoms with van der Waals surface area (Å²) in [6.07, 6.45) is -2.63. The number of piperidine rings is 1. The van der Waals surface area contributed by atoms with Gasteiger partial charge in [0.05, 0.1) is 11.9 Å². The number of aromatic nitrogens is 2. The number of hydrogen-bond acceptors (Lipinski definition) is 5. The average molecular weight is 415 g/mol. The van der Waals surface area contributed by atoms with E-state index in [1.54, 1.807) is 17.5 Å². The fourth-order valence-corrected chi connectivity index (χ4v) is 2.96. The molecule has 3 heterocycles. The van der Waals surface area contributed by atoms with Crippen LogP contribution in [0.2, 0.25) is 0 Å². The van der Waals surface area contributed by atoms with Crippen LogP contribution in [-0.4, -0.2) is 36.4 Å². The molecule has 0 bridgehead atoms. The van der Waals surface area contributed by atoms with Crippen LogP contribution in [0.4, 0.5) is 23.4 Å². The minimum atomic E-state index is -5.19. The van der Waals surface area contributed by atoms with Gasteiger partial charge in [-0.25, -0.2) is 9.37 Å². The molecular weight excluding hydrogens is 398 g/mol. The second-order valence-electron chi connectivity index (χ2n) is 5.96. The third kappa shape index (κ3) is 6.81. The van der Waals surface area contributed by atoms with Crippen LogP contribution < -0.4 is 15.0 Å². The second kappa shape index (κ2) is 9.50. The third-order valence-corrected chi connectivity index (χ3v) is 4.48. The predicted molar refractivity (Wildman–Crippen MR) is 93.2 cm³/mol. The van der Waals surface area contributed by atoms with Crippen molar-refractivity contribution in [2.75, 3.05) is 18.0 Å². The summed E-state index contributed by atoms with van der Waals surface area (Å²) < 4.78 is 45.0. The van der Waals surface area contributed by atoms with Crippen LogP contribution in [0.5, 0.6) is 0 Å². The Balaban J connectivity index is 0.000000345. The summed E-state index contributed by atoms with van der Waals surface area (Å²) in [5, 5.41) is 11.9. The van der Waals surface area contributed by atoms with Gasteiger partial charge >= 0.3 is 6.18 Å². The first kappa shape index (κ1) is 21.6. The van der Waals surface area contributed by atoms with Gasteiger partial charge in [0.25, 0.3) is 5.69 Å². The number of thiazole rings is 1. The monoisotopic (exact) mass is 415 g/mol. The molecule has 0 amide bonds. The lowest BCUT2D eigenvalue weighted by Crippen LogP contribution is -2.37. The van der Waals surface area contributed by atoms with E-state index < -0.39 is 18.3 Å². The topological polar surface area (TPSA) is 70.4 Å². The Kier molecular flexibility index (Phi) is 7.34. The number of nitrogens with one attached hydrogen (secondary N) is 1. The molecule has 3 rings (SSSR count). The standard InChI is InChI=1S/C16H16FN3S.C2HF3O2/c1-12-19-15(11-21-12)6-4-13-5-7-16(18-9-13)20-8-2-3-14(17)10-20;3-2(4,5)1(6)7/h5,7,9,11,14H,2-3,8,10H2,1H3;(H,6,7). The van der Waals surface area contributed by atoms with Crippen molar-refractivity contribution in [3.8, 4) is 11.8 Å². The lowest BCUT2D eigenvalue weighted by atomic mass is 10.1. The SMILES string of the molecule is Cc1[nH+]c(C#Cc2ccc(N3CCCC(F)C3)nc2)cs1.O=C([O-])C(F)(F)F. The number of anilines is 1. The van der Waals surface area contributed by atoms with Gasteiger partial charge in [0.1, 0.15) is 18.0 Å². The van der Waals surface area contributed by atoms with E-state index in [1.165, 1.54) is 0 Å². The van der Waals surface area contributed by atoms with E-state index in [-0.39, 0.29) is 0 Å². The van der Waals surface area contributed by atoms with Crippen molar-refractivity contribution in [1.82, 2.24) is 4.98 Å². The number of hydrogen-bond donors (Lipinski definition) is 0. The number of alkyl halides is 4. The zero-order valence-electron chi connectivity index (χ0n) is 14.8. The minimum Gasteiger partial charge on any atom is -0.542 e. The first-order valence-corrected chi connectivity index (χ1v) is 9.16. The molecule has 1 unspecified atom stereocenters. The van der Waals surface area contributed by atoms with Crippen LogP contribution >= 0.6 is 11.3 Å². The molecule has 1 aliphatic rings. The normalized spacial score (nSPS) is 16.5. The van der Waals surface area contributed by atoms with Crippen molar-refractivity contribution in [2.45, 2.75) is 32.1 Å². The van der Waals surface area contributed by atoms with Gasteiger partial charge in [0, 0.05) is 31.1 Å². The third-order valence-electron chi connectivity index (χ3n) is 3.67. The van der Waals surface area contributed by atoms with Crippen molar-refractivity contribution in [2.24, 2.45) is 0 Å². The summed E-state index contributed by atoms with van der Waals surface area (Å²) in [6, 6.07) is 3.86. The summed E-state index contributed by atoms with van der Waals surface area (Å²) in [5.74, 6) is 3.99. The number of carboxylic acids is 1. The van der Waals surface area contributed by atoms with Gasteiger partial charge in [-0.05, 0) is 25.0 Å². The number of pyridine rings is 1. The lowest BCUT2D eigenvalue weighted by Gasteiger charge is -2.29. The number of nitrogens with zero attached hydrogens (tertiary/aromatic N) is 2. The lowest BCUT2D eigenvalue weighted by molar-refractivity contribution is -0.383. The maximum atomic E-state index is 13.4. The van der Waals surface area contributed by atoms with Gasteiger partial charge in [0.15, 0.2) is 0 Å². The number of aromatic amines is 1. The van der Waals surface area contributed by atoms with Crippen LogP contribution in [0.1, 0.15) is 29.1 Å². The number of H-pyrrole nitrogens is 1. The van der Waals surface area contributed by atoms with Crippen molar-refractivity contribution < 1.29 is 32.4 Å². The zero-order chi connectivity index (χ0) is 20.7. The fraction of sp³-hybridized carbons (Fsp3) is 0.389. The summed E-state index contributed by atoms with van der Waals surface area (Å²) in [6.45, 7) is 3.34. The number of aryl methyl sites for hydroxylation is 1. The van der Waals surface area contributed by atoms with Gasteiger partial charge < -0.3 is 14.8 Å². The number of rotatable bonds is 1. The van der Waals surface area contributed by atoms with Crippen LogP contribution in [0, 0.1) is 18.8 Å². The van der Waals surface area contributed by atoms with E-state index in [2.05, 4.69) is 21.8 Å². The summed E-state index contributed by atoms with van der Waals surface area (Å²) in [5.41, 5.74) is 1.78. The predicted octanol–water partition coefficient (Wildman–Crippen LogP) is 1.90. The molecule has 0 spiro atoms. The highest BCUT2D eigenvalue weighted by Gasteiger charge is 2.28.